The molecule has 0 bridgehead atoms. The van der Waals surface area contributed by atoms with Gasteiger partial charge in [-0.3, -0.25) is 4.79 Å². The van der Waals surface area contributed by atoms with Crippen LogP contribution in [-0.4, -0.2) is 10.8 Å². The first-order valence-electron chi connectivity index (χ1n) is 6.65. The molecule has 1 aromatic carbocycles. The van der Waals surface area contributed by atoms with Crippen molar-refractivity contribution in [2.24, 2.45) is 0 Å². The molecule has 0 radical (unpaired) electrons. The summed E-state index contributed by atoms with van der Waals surface area (Å²) in [6.45, 7) is 0. The minimum Gasteiger partial charge on any atom is -0.352 e. The summed E-state index contributed by atoms with van der Waals surface area (Å²) >= 11 is 0. The zero-order valence-electron chi connectivity index (χ0n) is 10.7. The van der Waals surface area contributed by atoms with Crippen molar-refractivity contribution < 1.29 is 4.79 Å². The summed E-state index contributed by atoms with van der Waals surface area (Å²) in [5, 5.41) is 0. The van der Waals surface area contributed by atoms with Crippen LogP contribution in [0.25, 0.3) is 0 Å². The molecule has 0 fully saturated rings. The molecule has 2 heteroatoms. The number of carbonyl (C=O) groups is 1. The fraction of sp³-hybridized carbons (Fsp3) is 0.235. The molecule has 0 unspecified atom stereocenters. The van der Waals surface area contributed by atoms with Gasteiger partial charge in [0.1, 0.15) is 0 Å². The number of aryl methyl sites for hydroxylation is 2. The molecule has 2 aromatic rings. The van der Waals surface area contributed by atoms with E-state index in [-0.39, 0.29) is 5.78 Å². The monoisotopic (exact) mass is 249 g/mol. The minimum atomic E-state index is -0.131. The average molecular weight is 249 g/mol. The van der Waals surface area contributed by atoms with Gasteiger partial charge in [0.05, 0.1) is 5.69 Å². The summed E-state index contributed by atoms with van der Waals surface area (Å²) in [6, 6.07) is 11.3. The number of aromatic nitrogens is 1. The van der Waals surface area contributed by atoms with Crippen molar-refractivity contribution in [3.8, 4) is 11.8 Å². The van der Waals surface area contributed by atoms with Crippen LogP contribution in [-0.2, 0) is 12.8 Å². The lowest BCUT2D eigenvalue weighted by atomic mass is 9.98. The van der Waals surface area contributed by atoms with Gasteiger partial charge in [-0.25, -0.2) is 0 Å². The Morgan fingerprint density at radius 3 is 2.68 bits per heavy atom. The molecule has 0 saturated carbocycles. The van der Waals surface area contributed by atoms with Gasteiger partial charge >= 0.3 is 0 Å². The first-order chi connectivity index (χ1) is 9.33. The highest BCUT2D eigenvalue weighted by molar-refractivity contribution is 6.09. The van der Waals surface area contributed by atoms with E-state index >= 15 is 0 Å². The van der Waals surface area contributed by atoms with Crippen molar-refractivity contribution in [2.45, 2.75) is 25.7 Å². The van der Waals surface area contributed by atoms with Crippen LogP contribution in [0.15, 0.2) is 36.4 Å². The summed E-state index contributed by atoms with van der Waals surface area (Å²) in [7, 11) is 0. The van der Waals surface area contributed by atoms with E-state index in [1.807, 2.05) is 18.2 Å². The number of H-pyrrole nitrogens is 1. The van der Waals surface area contributed by atoms with E-state index in [2.05, 4.69) is 22.9 Å². The fourth-order valence-electron chi connectivity index (χ4n) is 2.46. The molecular weight excluding hydrogens is 234 g/mol. The fourth-order valence-corrected chi connectivity index (χ4v) is 2.46. The molecule has 1 heterocycles. The smallest absolute Gasteiger partial charge is 0.236 e. The summed E-state index contributed by atoms with van der Waals surface area (Å²) in [4.78, 5) is 15.2. The largest absolute Gasteiger partial charge is 0.352 e. The van der Waals surface area contributed by atoms with E-state index < -0.39 is 0 Å². The van der Waals surface area contributed by atoms with Gasteiger partial charge < -0.3 is 4.98 Å². The number of carbonyl (C=O) groups excluding carboxylic acids is 1. The molecule has 0 aliphatic heterocycles. The summed E-state index contributed by atoms with van der Waals surface area (Å²) in [6.07, 6.45) is 4.72. The zero-order valence-corrected chi connectivity index (χ0v) is 10.7. The van der Waals surface area contributed by atoms with Crippen molar-refractivity contribution in [1.29, 1.82) is 0 Å². The highest BCUT2D eigenvalue weighted by Gasteiger charge is 2.11. The summed E-state index contributed by atoms with van der Waals surface area (Å²) in [5.41, 5.74) is 4.16. The second-order valence-corrected chi connectivity index (χ2v) is 4.84. The lowest BCUT2D eigenvalue weighted by molar-refractivity contribution is 0.105. The standard InChI is InChI=1S/C17H15NO/c19-17(13-6-2-1-3-7-13)11-10-15-12-14-8-4-5-9-16(14)18-15/h1-3,6-7,12,18H,4-5,8-9H2. The van der Waals surface area contributed by atoms with Gasteiger partial charge in [0.15, 0.2) is 0 Å². The predicted molar refractivity (Wildman–Crippen MR) is 75.1 cm³/mol. The molecule has 1 aliphatic carbocycles. The third-order valence-electron chi connectivity index (χ3n) is 3.46. The van der Waals surface area contributed by atoms with Crippen molar-refractivity contribution in [1.82, 2.24) is 4.98 Å². The second-order valence-electron chi connectivity index (χ2n) is 4.84. The van der Waals surface area contributed by atoms with E-state index in [9.17, 15) is 4.79 Å². The van der Waals surface area contributed by atoms with E-state index in [1.54, 1.807) is 12.1 Å². The summed E-state index contributed by atoms with van der Waals surface area (Å²) in [5.74, 6) is 5.52. The number of fused-ring (bicyclic) bond motifs is 1. The van der Waals surface area contributed by atoms with Crippen LogP contribution in [0.1, 0.15) is 40.2 Å². The molecule has 19 heavy (non-hydrogen) atoms. The Balaban J connectivity index is 1.80. The maximum atomic E-state index is 11.9. The van der Waals surface area contributed by atoms with Crippen LogP contribution in [0.2, 0.25) is 0 Å². The molecule has 0 amide bonds. The van der Waals surface area contributed by atoms with Crippen LogP contribution in [0.4, 0.5) is 0 Å². The third-order valence-corrected chi connectivity index (χ3v) is 3.46. The number of hydrogen-bond donors (Lipinski definition) is 1. The number of benzene rings is 1. The average Bonchev–Trinajstić information content (AvgIpc) is 2.88. The maximum Gasteiger partial charge on any atom is 0.236 e. The zero-order chi connectivity index (χ0) is 13.1. The molecule has 1 N–H and O–H groups in total. The van der Waals surface area contributed by atoms with Gasteiger partial charge in [-0.2, -0.15) is 0 Å². The van der Waals surface area contributed by atoms with Crippen LogP contribution in [0, 0.1) is 11.8 Å². The Hall–Kier alpha value is -2.27. The molecular formula is C17H15NO. The van der Waals surface area contributed by atoms with Crippen molar-refractivity contribution in [3.63, 3.8) is 0 Å². The quantitative estimate of drug-likeness (QED) is 0.611. The van der Waals surface area contributed by atoms with Crippen LogP contribution in [0.3, 0.4) is 0 Å². The normalized spacial score (nSPS) is 13.3. The first-order valence-corrected chi connectivity index (χ1v) is 6.65. The summed E-state index contributed by atoms with van der Waals surface area (Å²) < 4.78 is 0. The maximum absolute atomic E-state index is 11.9. The van der Waals surface area contributed by atoms with Crippen molar-refractivity contribution >= 4 is 5.78 Å². The molecule has 1 aliphatic rings. The molecule has 0 atom stereocenters. The van der Waals surface area contributed by atoms with Crippen LogP contribution < -0.4 is 0 Å². The SMILES string of the molecule is O=C(C#Cc1cc2c([nH]1)CCCC2)c1ccccc1. The van der Waals surface area contributed by atoms with Gasteiger partial charge in [0.25, 0.3) is 0 Å². The number of aromatic amines is 1. The van der Waals surface area contributed by atoms with Crippen molar-refractivity contribution in [3.05, 3.63) is 58.9 Å². The Morgan fingerprint density at radius 1 is 1.11 bits per heavy atom. The van der Waals surface area contributed by atoms with Crippen LogP contribution >= 0.6 is 0 Å². The first kappa shape index (κ1) is 11.8. The molecule has 0 saturated heterocycles. The molecule has 94 valence electrons. The van der Waals surface area contributed by atoms with E-state index in [4.69, 9.17) is 0 Å². The number of rotatable bonds is 1. The van der Waals surface area contributed by atoms with Gasteiger partial charge in [-0.05, 0) is 49.2 Å². The second kappa shape index (κ2) is 5.16. The number of Topliss-reactive ketones (excluding diaryl/α,β-unsaturated/α-hetero) is 1. The lowest BCUT2D eigenvalue weighted by Crippen LogP contribution is -1.99. The predicted octanol–water partition coefficient (Wildman–Crippen LogP) is 3.13. The Labute approximate surface area is 112 Å². The third kappa shape index (κ3) is 2.61. The Bertz CT molecular complexity index is 632. The highest BCUT2D eigenvalue weighted by atomic mass is 16.1. The molecule has 0 spiro atoms. The van der Waals surface area contributed by atoms with Gasteiger partial charge in [0.2, 0.25) is 5.78 Å². The van der Waals surface area contributed by atoms with Crippen molar-refractivity contribution in [2.75, 3.05) is 0 Å². The van der Waals surface area contributed by atoms with Gasteiger partial charge in [0, 0.05) is 11.3 Å². The number of ketones is 1. The molecule has 2 nitrogen and oxygen atoms in total. The van der Waals surface area contributed by atoms with Gasteiger partial charge in [-0.15, -0.1) is 0 Å². The van der Waals surface area contributed by atoms with Crippen LogP contribution in [0.5, 0.6) is 0 Å². The van der Waals surface area contributed by atoms with Gasteiger partial charge in [-0.1, -0.05) is 30.3 Å². The molecule has 1 aromatic heterocycles. The Kier molecular flexibility index (Phi) is 3.20. The molecule has 3 rings (SSSR count). The van der Waals surface area contributed by atoms with E-state index in [0.29, 0.717) is 5.56 Å². The van der Waals surface area contributed by atoms with E-state index in [0.717, 1.165) is 18.5 Å². The highest BCUT2D eigenvalue weighted by Crippen LogP contribution is 2.21. The lowest BCUT2D eigenvalue weighted by Gasteiger charge is -2.08. The Morgan fingerprint density at radius 2 is 1.89 bits per heavy atom. The van der Waals surface area contributed by atoms with E-state index in [1.165, 1.54) is 24.1 Å². The number of nitrogens with one attached hydrogen (secondary N) is 1. The number of hydrogen-bond acceptors (Lipinski definition) is 1. The topological polar surface area (TPSA) is 32.9 Å². The minimum absolute atomic E-state index is 0.131.